The highest BCUT2D eigenvalue weighted by molar-refractivity contribution is 5.85. The lowest BCUT2D eigenvalue weighted by molar-refractivity contribution is -0.150. The predicted molar refractivity (Wildman–Crippen MR) is 108 cm³/mol. The molecular formula is C22H32N2O4. The van der Waals surface area contributed by atoms with Crippen LogP contribution in [0.4, 0.5) is 4.79 Å². The number of aldehydes is 1. The predicted octanol–water partition coefficient (Wildman–Crippen LogP) is 3.59. The normalized spacial score (nSPS) is 17.2. The van der Waals surface area contributed by atoms with Crippen molar-refractivity contribution in [3.05, 3.63) is 35.9 Å². The Bertz CT molecular complexity index is 648. The van der Waals surface area contributed by atoms with Gasteiger partial charge < -0.3 is 20.2 Å². The molecule has 1 fully saturated rings. The van der Waals surface area contributed by atoms with Gasteiger partial charge in [-0.1, -0.05) is 70.4 Å². The molecule has 1 aromatic carbocycles. The largest absolute Gasteiger partial charge is 0.459 e. The fourth-order valence-corrected chi connectivity index (χ4v) is 3.52. The Hall–Kier alpha value is -2.37. The molecular weight excluding hydrogens is 356 g/mol. The summed E-state index contributed by atoms with van der Waals surface area (Å²) in [6.45, 7) is 5.73. The van der Waals surface area contributed by atoms with Crippen molar-refractivity contribution in [2.24, 2.45) is 11.3 Å². The molecule has 0 radical (unpaired) electrons. The zero-order chi connectivity index (χ0) is 20.6. The first kappa shape index (κ1) is 21.9. The Kier molecular flexibility index (Phi) is 8.03. The molecule has 2 rings (SSSR count). The first-order valence-corrected chi connectivity index (χ1v) is 10.0. The van der Waals surface area contributed by atoms with Gasteiger partial charge in [0.1, 0.15) is 18.9 Å². The lowest BCUT2D eigenvalue weighted by Crippen LogP contribution is -2.55. The van der Waals surface area contributed by atoms with Crippen molar-refractivity contribution in [2.75, 3.05) is 0 Å². The van der Waals surface area contributed by atoms with Crippen molar-refractivity contribution in [1.82, 2.24) is 10.6 Å². The molecule has 0 bridgehead atoms. The van der Waals surface area contributed by atoms with Crippen LogP contribution in [0.15, 0.2) is 30.3 Å². The lowest BCUT2D eigenvalue weighted by Gasteiger charge is -2.31. The number of amides is 2. The number of carbonyl (C=O) groups excluding carboxylic acids is 3. The number of urea groups is 1. The number of ether oxygens (including phenoxy) is 1. The molecule has 6 nitrogen and oxygen atoms in total. The highest BCUT2D eigenvalue weighted by atomic mass is 16.5. The highest BCUT2D eigenvalue weighted by Gasteiger charge is 2.35. The number of rotatable bonds is 7. The van der Waals surface area contributed by atoms with Gasteiger partial charge in [-0.05, 0) is 29.7 Å². The smallest absolute Gasteiger partial charge is 0.329 e. The minimum Gasteiger partial charge on any atom is -0.459 e. The standard InChI is InChI=1S/C22H32N2O4/c1-22(2,3)19(20(26)28-15-16-10-6-4-7-11-16)24-21(27)23-18(14-25)17-12-8-5-9-13-17/h4,6-7,10-11,14,17-19H,5,8-9,12-13,15H2,1-3H3,(H2,23,24,27). The van der Waals surface area contributed by atoms with E-state index in [4.69, 9.17) is 4.74 Å². The van der Waals surface area contributed by atoms with Gasteiger partial charge in [0.25, 0.3) is 0 Å². The summed E-state index contributed by atoms with van der Waals surface area (Å²) in [5.41, 5.74) is 0.346. The van der Waals surface area contributed by atoms with Gasteiger partial charge in [0.05, 0.1) is 6.04 Å². The Labute approximate surface area is 167 Å². The van der Waals surface area contributed by atoms with Crippen LogP contribution in [-0.2, 0) is 20.9 Å². The summed E-state index contributed by atoms with van der Waals surface area (Å²) in [4.78, 5) is 36.6. The summed E-state index contributed by atoms with van der Waals surface area (Å²) < 4.78 is 5.41. The van der Waals surface area contributed by atoms with Crippen LogP contribution in [0, 0.1) is 11.3 Å². The van der Waals surface area contributed by atoms with Crippen LogP contribution < -0.4 is 10.6 Å². The monoisotopic (exact) mass is 388 g/mol. The van der Waals surface area contributed by atoms with Crippen LogP contribution in [0.25, 0.3) is 0 Å². The lowest BCUT2D eigenvalue weighted by atomic mass is 9.84. The Morgan fingerprint density at radius 1 is 1.11 bits per heavy atom. The summed E-state index contributed by atoms with van der Waals surface area (Å²) in [7, 11) is 0. The van der Waals surface area contributed by atoms with Gasteiger partial charge in [-0.3, -0.25) is 0 Å². The van der Waals surface area contributed by atoms with E-state index in [-0.39, 0.29) is 12.5 Å². The molecule has 0 heterocycles. The molecule has 28 heavy (non-hydrogen) atoms. The molecule has 2 amide bonds. The minimum absolute atomic E-state index is 0.147. The van der Waals surface area contributed by atoms with Crippen molar-refractivity contribution in [2.45, 2.75) is 71.6 Å². The third-order valence-corrected chi connectivity index (χ3v) is 5.20. The van der Waals surface area contributed by atoms with Crippen LogP contribution in [0.1, 0.15) is 58.4 Å². The van der Waals surface area contributed by atoms with Gasteiger partial charge >= 0.3 is 12.0 Å². The van der Waals surface area contributed by atoms with Crippen LogP contribution in [-0.4, -0.2) is 30.4 Å². The molecule has 2 N–H and O–H groups in total. The maximum Gasteiger partial charge on any atom is 0.329 e. The molecule has 0 aliphatic heterocycles. The van der Waals surface area contributed by atoms with E-state index < -0.39 is 29.5 Å². The molecule has 2 unspecified atom stereocenters. The summed E-state index contributed by atoms with van der Waals surface area (Å²) in [6.07, 6.45) is 6.00. The van der Waals surface area contributed by atoms with Crippen molar-refractivity contribution < 1.29 is 19.1 Å². The first-order valence-electron chi connectivity index (χ1n) is 10.0. The maximum absolute atomic E-state index is 12.6. The number of esters is 1. The third-order valence-electron chi connectivity index (χ3n) is 5.20. The maximum atomic E-state index is 12.6. The second-order valence-electron chi connectivity index (χ2n) is 8.57. The minimum atomic E-state index is -0.824. The van der Waals surface area contributed by atoms with Gasteiger partial charge in [0, 0.05) is 0 Å². The zero-order valence-electron chi connectivity index (χ0n) is 17.1. The number of hydrogen-bond donors (Lipinski definition) is 2. The third kappa shape index (κ3) is 6.66. The second kappa shape index (κ2) is 10.2. The Balaban J connectivity index is 1.95. The molecule has 1 aliphatic rings. The SMILES string of the molecule is CC(C)(C)C(NC(=O)NC(C=O)C1CCCCC1)C(=O)OCc1ccccc1. The molecule has 6 heteroatoms. The van der Waals surface area contributed by atoms with E-state index in [1.165, 1.54) is 6.42 Å². The van der Waals surface area contributed by atoms with Crippen molar-refractivity contribution in [1.29, 1.82) is 0 Å². The fraction of sp³-hybridized carbons (Fsp3) is 0.591. The molecule has 1 aromatic rings. The average molecular weight is 389 g/mol. The van der Waals surface area contributed by atoms with E-state index in [0.29, 0.717) is 0 Å². The van der Waals surface area contributed by atoms with Crippen molar-refractivity contribution in [3.8, 4) is 0 Å². The second-order valence-corrected chi connectivity index (χ2v) is 8.57. The van der Waals surface area contributed by atoms with Crippen LogP contribution in [0.2, 0.25) is 0 Å². The van der Waals surface area contributed by atoms with E-state index in [0.717, 1.165) is 37.5 Å². The Morgan fingerprint density at radius 2 is 1.75 bits per heavy atom. The molecule has 154 valence electrons. The number of carbonyl (C=O) groups is 3. The van der Waals surface area contributed by atoms with E-state index in [1.807, 2.05) is 51.1 Å². The molecule has 2 atom stereocenters. The van der Waals surface area contributed by atoms with E-state index >= 15 is 0 Å². The molecule has 1 saturated carbocycles. The summed E-state index contributed by atoms with van der Waals surface area (Å²) >= 11 is 0. The summed E-state index contributed by atoms with van der Waals surface area (Å²) in [6, 6.07) is 7.53. The summed E-state index contributed by atoms with van der Waals surface area (Å²) in [5.74, 6) is -0.332. The summed E-state index contributed by atoms with van der Waals surface area (Å²) in [5, 5.41) is 5.46. The highest BCUT2D eigenvalue weighted by Crippen LogP contribution is 2.26. The molecule has 1 aliphatic carbocycles. The topological polar surface area (TPSA) is 84.5 Å². The van der Waals surface area contributed by atoms with E-state index in [2.05, 4.69) is 10.6 Å². The van der Waals surface area contributed by atoms with E-state index in [9.17, 15) is 14.4 Å². The van der Waals surface area contributed by atoms with Gasteiger partial charge in [0.2, 0.25) is 0 Å². The van der Waals surface area contributed by atoms with Crippen LogP contribution in [0.5, 0.6) is 0 Å². The Morgan fingerprint density at radius 3 is 2.32 bits per heavy atom. The van der Waals surface area contributed by atoms with Crippen LogP contribution in [0.3, 0.4) is 0 Å². The van der Waals surface area contributed by atoms with Crippen LogP contribution >= 0.6 is 0 Å². The number of benzene rings is 1. The average Bonchev–Trinajstić information content (AvgIpc) is 2.69. The van der Waals surface area contributed by atoms with Gasteiger partial charge in [-0.2, -0.15) is 0 Å². The quantitative estimate of drug-likeness (QED) is 0.552. The number of hydrogen-bond acceptors (Lipinski definition) is 4. The fourth-order valence-electron chi connectivity index (χ4n) is 3.52. The molecule has 0 spiro atoms. The van der Waals surface area contributed by atoms with Crippen molar-refractivity contribution in [3.63, 3.8) is 0 Å². The van der Waals surface area contributed by atoms with Gasteiger partial charge in [-0.25, -0.2) is 9.59 Å². The zero-order valence-corrected chi connectivity index (χ0v) is 17.1. The molecule has 0 aromatic heterocycles. The van der Waals surface area contributed by atoms with E-state index in [1.54, 1.807) is 0 Å². The van der Waals surface area contributed by atoms with Crippen molar-refractivity contribution >= 4 is 18.3 Å². The molecule has 0 saturated heterocycles. The first-order chi connectivity index (χ1) is 13.3. The van der Waals surface area contributed by atoms with Gasteiger partial charge in [0.15, 0.2) is 0 Å². The number of nitrogens with one attached hydrogen (secondary N) is 2. The van der Waals surface area contributed by atoms with Gasteiger partial charge in [-0.15, -0.1) is 0 Å².